The van der Waals surface area contributed by atoms with Crippen LogP contribution in [0.1, 0.15) is 50.8 Å². The monoisotopic (exact) mass is 398 g/mol. The normalized spacial score (nSPS) is 17.9. The van der Waals surface area contributed by atoms with Crippen molar-refractivity contribution in [1.82, 2.24) is 19.6 Å². The standard InChI is InChI=1S/C24H38N4O/c1-5-26(18-23-15-25-28(19-23)20(2)3)16-22-9-7-12-27(17-22)13-11-21-8-6-10-24(14-21)29-4/h6,8,10,14-15,19-20,22H,5,7,9,11-13,16-18H2,1-4H3. The number of nitrogens with zero attached hydrogens (tertiary/aromatic N) is 4. The highest BCUT2D eigenvalue weighted by molar-refractivity contribution is 5.28. The Kier molecular flexibility index (Phi) is 8.13. The molecule has 160 valence electrons. The van der Waals surface area contributed by atoms with E-state index >= 15 is 0 Å². The predicted octanol–water partition coefficient (Wildman–Crippen LogP) is 4.25. The first kappa shape index (κ1) is 21.8. The molecule has 5 heteroatoms. The van der Waals surface area contributed by atoms with Gasteiger partial charge in [0.05, 0.1) is 13.3 Å². The van der Waals surface area contributed by atoms with Gasteiger partial charge in [-0.25, -0.2) is 0 Å². The van der Waals surface area contributed by atoms with Gasteiger partial charge in [0.15, 0.2) is 0 Å². The van der Waals surface area contributed by atoms with Gasteiger partial charge in [-0.2, -0.15) is 5.10 Å². The summed E-state index contributed by atoms with van der Waals surface area (Å²) in [6.45, 7) is 13.5. The second-order valence-corrected chi connectivity index (χ2v) is 8.66. The number of piperidine rings is 1. The molecule has 29 heavy (non-hydrogen) atoms. The van der Waals surface area contributed by atoms with Gasteiger partial charge >= 0.3 is 0 Å². The van der Waals surface area contributed by atoms with Crippen molar-refractivity contribution in [3.63, 3.8) is 0 Å². The third-order valence-electron chi connectivity index (χ3n) is 6.01. The van der Waals surface area contributed by atoms with Crippen LogP contribution >= 0.6 is 0 Å². The van der Waals surface area contributed by atoms with E-state index in [0.29, 0.717) is 6.04 Å². The summed E-state index contributed by atoms with van der Waals surface area (Å²) in [6.07, 6.45) is 7.98. The maximum Gasteiger partial charge on any atom is 0.119 e. The van der Waals surface area contributed by atoms with Crippen molar-refractivity contribution in [1.29, 1.82) is 0 Å². The molecule has 1 aliphatic heterocycles. The minimum absolute atomic E-state index is 0.426. The molecule has 3 rings (SSSR count). The number of benzene rings is 1. The molecule has 5 nitrogen and oxygen atoms in total. The number of ether oxygens (including phenoxy) is 1. The van der Waals surface area contributed by atoms with Gasteiger partial charge in [-0.05, 0) is 69.8 Å². The molecule has 0 radical (unpaired) electrons. The Morgan fingerprint density at radius 3 is 2.86 bits per heavy atom. The quantitative estimate of drug-likeness (QED) is 0.599. The van der Waals surface area contributed by atoms with Crippen molar-refractivity contribution >= 4 is 0 Å². The lowest BCUT2D eigenvalue weighted by Crippen LogP contribution is -2.41. The SMILES string of the molecule is CCN(Cc1cnn(C(C)C)c1)CC1CCCN(CCc2cccc(OC)c2)C1. The van der Waals surface area contributed by atoms with Gasteiger partial charge in [-0.1, -0.05) is 19.1 Å². The largest absolute Gasteiger partial charge is 0.497 e. The molecule has 1 aromatic heterocycles. The van der Waals surface area contributed by atoms with Crippen molar-refractivity contribution < 1.29 is 4.74 Å². The van der Waals surface area contributed by atoms with Gasteiger partial charge in [-0.15, -0.1) is 0 Å². The zero-order chi connectivity index (χ0) is 20.6. The molecule has 1 atom stereocenters. The van der Waals surface area contributed by atoms with Crippen LogP contribution < -0.4 is 4.74 Å². The molecule has 1 aromatic carbocycles. The van der Waals surface area contributed by atoms with Gasteiger partial charge in [0, 0.05) is 44.0 Å². The number of likely N-dealkylation sites (tertiary alicyclic amines) is 1. The lowest BCUT2D eigenvalue weighted by atomic mass is 9.96. The first-order chi connectivity index (χ1) is 14.1. The molecule has 0 amide bonds. The van der Waals surface area contributed by atoms with Crippen LogP contribution in [0, 0.1) is 5.92 Å². The Bertz CT molecular complexity index is 742. The predicted molar refractivity (Wildman–Crippen MR) is 119 cm³/mol. The Hall–Kier alpha value is -1.85. The highest BCUT2D eigenvalue weighted by Crippen LogP contribution is 2.20. The van der Waals surface area contributed by atoms with E-state index < -0.39 is 0 Å². The van der Waals surface area contributed by atoms with E-state index in [4.69, 9.17) is 4.74 Å². The topological polar surface area (TPSA) is 33.5 Å². The number of rotatable bonds is 10. The minimum Gasteiger partial charge on any atom is -0.497 e. The lowest BCUT2D eigenvalue weighted by molar-refractivity contribution is 0.133. The van der Waals surface area contributed by atoms with Gasteiger partial charge in [0.25, 0.3) is 0 Å². The van der Waals surface area contributed by atoms with Crippen molar-refractivity contribution in [2.45, 2.75) is 52.6 Å². The van der Waals surface area contributed by atoms with Crippen LogP contribution in [0.4, 0.5) is 0 Å². The summed E-state index contributed by atoms with van der Waals surface area (Å²) < 4.78 is 7.42. The number of methoxy groups -OCH3 is 1. The van der Waals surface area contributed by atoms with E-state index in [1.807, 2.05) is 12.3 Å². The van der Waals surface area contributed by atoms with Crippen LogP contribution in [0.2, 0.25) is 0 Å². The van der Waals surface area contributed by atoms with Crippen LogP contribution in [-0.4, -0.2) is 59.4 Å². The second-order valence-electron chi connectivity index (χ2n) is 8.66. The molecular weight excluding hydrogens is 360 g/mol. The Morgan fingerprint density at radius 1 is 1.28 bits per heavy atom. The van der Waals surface area contributed by atoms with Crippen molar-refractivity contribution in [2.75, 3.05) is 39.8 Å². The molecule has 2 heterocycles. The zero-order valence-electron chi connectivity index (χ0n) is 18.7. The highest BCUT2D eigenvalue weighted by atomic mass is 16.5. The summed E-state index contributed by atoms with van der Waals surface area (Å²) in [6, 6.07) is 8.91. The number of hydrogen-bond acceptors (Lipinski definition) is 4. The van der Waals surface area contributed by atoms with Crippen LogP contribution in [0.5, 0.6) is 5.75 Å². The summed E-state index contributed by atoms with van der Waals surface area (Å²) in [7, 11) is 1.74. The summed E-state index contributed by atoms with van der Waals surface area (Å²) >= 11 is 0. The van der Waals surface area contributed by atoms with Crippen molar-refractivity contribution in [3.8, 4) is 5.75 Å². The molecule has 1 saturated heterocycles. The molecule has 2 aromatic rings. The molecule has 1 aliphatic rings. The Labute approximate surface area is 176 Å². The van der Waals surface area contributed by atoms with Crippen LogP contribution in [-0.2, 0) is 13.0 Å². The van der Waals surface area contributed by atoms with Crippen molar-refractivity contribution in [3.05, 3.63) is 47.8 Å². The van der Waals surface area contributed by atoms with E-state index in [-0.39, 0.29) is 0 Å². The van der Waals surface area contributed by atoms with Crippen molar-refractivity contribution in [2.24, 2.45) is 5.92 Å². The molecule has 1 unspecified atom stereocenters. The van der Waals surface area contributed by atoms with E-state index in [1.165, 1.54) is 43.6 Å². The van der Waals surface area contributed by atoms with E-state index in [1.54, 1.807) is 7.11 Å². The summed E-state index contributed by atoms with van der Waals surface area (Å²) in [5.41, 5.74) is 2.69. The Morgan fingerprint density at radius 2 is 2.14 bits per heavy atom. The first-order valence-corrected chi connectivity index (χ1v) is 11.2. The first-order valence-electron chi connectivity index (χ1n) is 11.2. The fourth-order valence-corrected chi connectivity index (χ4v) is 4.29. The third kappa shape index (κ3) is 6.58. The second kappa shape index (κ2) is 10.8. The molecule has 0 bridgehead atoms. The van der Waals surface area contributed by atoms with E-state index in [9.17, 15) is 0 Å². The third-order valence-corrected chi connectivity index (χ3v) is 6.01. The van der Waals surface area contributed by atoms with E-state index in [2.05, 4.69) is 64.7 Å². The Balaban J connectivity index is 1.48. The summed E-state index contributed by atoms with van der Waals surface area (Å²) in [5, 5.41) is 4.50. The van der Waals surface area contributed by atoms with Crippen LogP contribution in [0.3, 0.4) is 0 Å². The molecule has 0 spiro atoms. The average Bonchev–Trinajstić information content (AvgIpc) is 3.21. The summed E-state index contributed by atoms with van der Waals surface area (Å²) in [5.74, 6) is 1.72. The number of aromatic nitrogens is 2. The van der Waals surface area contributed by atoms with Gasteiger partial charge in [0.2, 0.25) is 0 Å². The van der Waals surface area contributed by atoms with Gasteiger partial charge in [0.1, 0.15) is 5.75 Å². The highest BCUT2D eigenvalue weighted by Gasteiger charge is 2.22. The van der Waals surface area contributed by atoms with Crippen LogP contribution in [0.15, 0.2) is 36.7 Å². The van der Waals surface area contributed by atoms with Gasteiger partial charge < -0.3 is 9.64 Å². The smallest absolute Gasteiger partial charge is 0.119 e. The zero-order valence-corrected chi connectivity index (χ0v) is 18.7. The van der Waals surface area contributed by atoms with E-state index in [0.717, 1.165) is 37.7 Å². The molecule has 0 N–H and O–H groups in total. The fourth-order valence-electron chi connectivity index (χ4n) is 4.29. The molecule has 1 fully saturated rings. The van der Waals surface area contributed by atoms with Crippen LogP contribution in [0.25, 0.3) is 0 Å². The lowest BCUT2D eigenvalue weighted by Gasteiger charge is -2.35. The average molecular weight is 399 g/mol. The molecular formula is C24H38N4O. The summed E-state index contributed by atoms with van der Waals surface area (Å²) in [4.78, 5) is 5.23. The molecule has 0 saturated carbocycles. The fraction of sp³-hybridized carbons (Fsp3) is 0.625. The van der Waals surface area contributed by atoms with Gasteiger partial charge in [-0.3, -0.25) is 9.58 Å². The molecule has 0 aliphatic carbocycles. The maximum absolute atomic E-state index is 5.36. The maximum atomic E-state index is 5.36. The number of hydrogen-bond donors (Lipinski definition) is 0. The minimum atomic E-state index is 0.426.